The maximum Gasteiger partial charge on any atom is 0.260 e. The van der Waals surface area contributed by atoms with Crippen molar-refractivity contribution in [1.29, 1.82) is 5.26 Å². The molecular formula is C14H14N4OS. The number of nitrogens with zero attached hydrogens (tertiary/aromatic N) is 2. The van der Waals surface area contributed by atoms with Gasteiger partial charge in [-0.05, 0) is 38.7 Å². The van der Waals surface area contributed by atoms with Gasteiger partial charge in [-0.25, -0.2) is 0 Å². The fourth-order valence-electron chi connectivity index (χ4n) is 2.66. The fourth-order valence-corrected chi connectivity index (χ4v) is 3.90. The summed E-state index contributed by atoms with van der Waals surface area (Å²) in [5.41, 5.74) is 3.72. The Morgan fingerprint density at radius 1 is 1.45 bits per heavy atom. The number of aromatic amines is 1. The van der Waals surface area contributed by atoms with Crippen molar-refractivity contribution in [3.8, 4) is 6.07 Å². The van der Waals surface area contributed by atoms with E-state index in [0.29, 0.717) is 21.8 Å². The largest absolute Gasteiger partial charge is 0.312 e. The highest BCUT2D eigenvalue weighted by atomic mass is 32.1. The molecule has 2 aromatic heterocycles. The second-order valence-electron chi connectivity index (χ2n) is 4.94. The lowest BCUT2D eigenvalue weighted by Crippen LogP contribution is -2.13. The first-order valence-corrected chi connectivity index (χ1v) is 7.31. The molecule has 0 radical (unpaired) electrons. The number of amides is 1. The van der Waals surface area contributed by atoms with Crippen molar-refractivity contribution in [3.05, 3.63) is 33.0 Å². The van der Waals surface area contributed by atoms with E-state index < -0.39 is 0 Å². The van der Waals surface area contributed by atoms with Gasteiger partial charge in [0.2, 0.25) is 0 Å². The Labute approximate surface area is 120 Å². The van der Waals surface area contributed by atoms with E-state index in [1.165, 1.54) is 16.2 Å². The van der Waals surface area contributed by atoms with Crippen molar-refractivity contribution < 1.29 is 4.79 Å². The molecule has 0 saturated carbocycles. The lowest BCUT2D eigenvalue weighted by Gasteiger charge is -2.04. The van der Waals surface area contributed by atoms with Crippen LogP contribution in [0.5, 0.6) is 0 Å². The molecule has 3 rings (SSSR count). The Morgan fingerprint density at radius 3 is 2.90 bits per heavy atom. The molecule has 2 aromatic rings. The van der Waals surface area contributed by atoms with Crippen molar-refractivity contribution in [2.24, 2.45) is 0 Å². The minimum Gasteiger partial charge on any atom is -0.312 e. The van der Waals surface area contributed by atoms with Crippen LogP contribution in [0.15, 0.2) is 0 Å². The van der Waals surface area contributed by atoms with Gasteiger partial charge in [-0.2, -0.15) is 10.4 Å². The summed E-state index contributed by atoms with van der Waals surface area (Å²) in [6.07, 6.45) is 3.05. The number of rotatable bonds is 2. The van der Waals surface area contributed by atoms with Crippen LogP contribution in [0.1, 0.15) is 44.2 Å². The summed E-state index contributed by atoms with van der Waals surface area (Å²) < 4.78 is 0. The summed E-state index contributed by atoms with van der Waals surface area (Å²) >= 11 is 1.53. The quantitative estimate of drug-likeness (QED) is 0.890. The molecule has 0 bridgehead atoms. The standard InChI is InChI=1S/C14H14N4OS/c1-7-12(8(2)18-17-7)13(19)16-14-10(6-15)9-4-3-5-11(9)20-14/h3-5H2,1-2H3,(H,16,19)(H,17,18). The third-order valence-electron chi connectivity index (χ3n) is 3.62. The van der Waals surface area contributed by atoms with E-state index in [0.717, 1.165) is 30.5 Å². The summed E-state index contributed by atoms with van der Waals surface area (Å²) in [4.78, 5) is 13.6. The van der Waals surface area contributed by atoms with E-state index in [1.54, 1.807) is 6.92 Å². The van der Waals surface area contributed by atoms with E-state index in [9.17, 15) is 10.1 Å². The third-order valence-corrected chi connectivity index (χ3v) is 4.82. The molecule has 1 aliphatic rings. The molecule has 0 aromatic carbocycles. The second kappa shape index (κ2) is 4.76. The van der Waals surface area contributed by atoms with Crippen LogP contribution in [-0.4, -0.2) is 16.1 Å². The molecule has 102 valence electrons. The van der Waals surface area contributed by atoms with E-state index in [1.807, 2.05) is 6.92 Å². The predicted octanol–water partition coefficient (Wildman–Crippen LogP) is 2.70. The Bertz CT molecular complexity index is 716. The van der Waals surface area contributed by atoms with Crippen LogP contribution in [0.4, 0.5) is 5.00 Å². The molecule has 0 fully saturated rings. The lowest BCUT2D eigenvalue weighted by molar-refractivity contribution is 0.102. The number of carbonyl (C=O) groups is 1. The summed E-state index contributed by atoms with van der Waals surface area (Å²) in [5.74, 6) is -0.204. The molecule has 1 aliphatic carbocycles. The first kappa shape index (κ1) is 12.9. The molecular weight excluding hydrogens is 272 g/mol. The number of thiophene rings is 1. The zero-order chi connectivity index (χ0) is 14.3. The molecule has 6 heteroatoms. The van der Waals surface area contributed by atoms with Gasteiger partial charge >= 0.3 is 0 Å². The number of hydrogen-bond donors (Lipinski definition) is 2. The van der Waals surface area contributed by atoms with E-state index in [4.69, 9.17) is 0 Å². The van der Waals surface area contributed by atoms with Crippen LogP contribution in [0.2, 0.25) is 0 Å². The number of aromatic nitrogens is 2. The van der Waals surface area contributed by atoms with E-state index in [-0.39, 0.29) is 5.91 Å². The smallest absolute Gasteiger partial charge is 0.260 e. The van der Waals surface area contributed by atoms with Crippen molar-refractivity contribution in [2.75, 3.05) is 5.32 Å². The van der Waals surface area contributed by atoms with Gasteiger partial charge < -0.3 is 5.32 Å². The predicted molar refractivity (Wildman–Crippen MR) is 77.1 cm³/mol. The summed E-state index contributed by atoms with van der Waals surface area (Å²) in [5, 5.41) is 19.7. The van der Waals surface area contributed by atoms with E-state index >= 15 is 0 Å². The molecule has 0 saturated heterocycles. The van der Waals surface area contributed by atoms with Crippen molar-refractivity contribution >= 4 is 22.2 Å². The van der Waals surface area contributed by atoms with Gasteiger partial charge in [-0.3, -0.25) is 9.89 Å². The molecule has 1 amide bonds. The normalized spacial score (nSPS) is 13.1. The van der Waals surface area contributed by atoms with Gasteiger partial charge in [0.05, 0.1) is 16.8 Å². The number of aryl methyl sites for hydroxylation is 3. The first-order valence-electron chi connectivity index (χ1n) is 6.49. The Kier molecular flexibility index (Phi) is 3.07. The lowest BCUT2D eigenvalue weighted by atomic mass is 10.1. The number of nitrogens with one attached hydrogen (secondary N) is 2. The average molecular weight is 286 g/mol. The van der Waals surface area contributed by atoms with Gasteiger partial charge in [0, 0.05) is 10.6 Å². The highest BCUT2D eigenvalue weighted by Gasteiger charge is 2.24. The SMILES string of the molecule is Cc1n[nH]c(C)c1C(=O)Nc1sc2c(c1C#N)CCC2. The maximum absolute atomic E-state index is 12.3. The molecule has 0 unspecified atom stereocenters. The minimum absolute atomic E-state index is 0.204. The first-order chi connectivity index (χ1) is 9.61. The maximum atomic E-state index is 12.3. The van der Waals surface area contributed by atoms with Gasteiger partial charge in [-0.1, -0.05) is 0 Å². The molecule has 5 nitrogen and oxygen atoms in total. The molecule has 0 spiro atoms. The summed E-state index contributed by atoms with van der Waals surface area (Å²) in [6.45, 7) is 3.60. The zero-order valence-corrected chi connectivity index (χ0v) is 12.1. The van der Waals surface area contributed by atoms with Crippen molar-refractivity contribution in [3.63, 3.8) is 0 Å². The Hall–Kier alpha value is -2.13. The van der Waals surface area contributed by atoms with Gasteiger partial charge in [0.15, 0.2) is 0 Å². The van der Waals surface area contributed by atoms with Crippen LogP contribution >= 0.6 is 11.3 Å². The highest BCUT2D eigenvalue weighted by Crippen LogP contribution is 2.38. The molecule has 2 heterocycles. The Morgan fingerprint density at radius 2 is 2.25 bits per heavy atom. The average Bonchev–Trinajstić information content (AvgIpc) is 3.04. The molecule has 20 heavy (non-hydrogen) atoms. The topological polar surface area (TPSA) is 81.6 Å². The van der Waals surface area contributed by atoms with Gasteiger partial charge in [0.25, 0.3) is 5.91 Å². The number of anilines is 1. The number of H-pyrrole nitrogens is 1. The van der Waals surface area contributed by atoms with Gasteiger partial charge in [0.1, 0.15) is 11.1 Å². The van der Waals surface area contributed by atoms with Crippen LogP contribution < -0.4 is 5.32 Å². The molecule has 0 atom stereocenters. The number of carbonyl (C=O) groups excluding carboxylic acids is 1. The van der Waals surface area contributed by atoms with Crippen LogP contribution in [0, 0.1) is 25.2 Å². The minimum atomic E-state index is -0.204. The van der Waals surface area contributed by atoms with Crippen molar-refractivity contribution in [2.45, 2.75) is 33.1 Å². The van der Waals surface area contributed by atoms with Crippen molar-refractivity contribution in [1.82, 2.24) is 10.2 Å². The number of hydrogen-bond acceptors (Lipinski definition) is 4. The van der Waals surface area contributed by atoms with Crippen LogP contribution in [-0.2, 0) is 12.8 Å². The fraction of sp³-hybridized carbons (Fsp3) is 0.357. The second-order valence-corrected chi connectivity index (χ2v) is 6.04. The highest BCUT2D eigenvalue weighted by molar-refractivity contribution is 7.16. The number of nitriles is 1. The van der Waals surface area contributed by atoms with Crippen LogP contribution in [0.3, 0.4) is 0 Å². The van der Waals surface area contributed by atoms with Gasteiger partial charge in [-0.15, -0.1) is 11.3 Å². The Balaban J connectivity index is 1.93. The molecule has 2 N–H and O–H groups in total. The van der Waals surface area contributed by atoms with Crippen LogP contribution in [0.25, 0.3) is 0 Å². The third kappa shape index (κ3) is 1.91. The monoisotopic (exact) mass is 286 g/mol. The van der Waals surface area contributed by atoms with E-state index in [2.05, 4.69) is 21.6 Å². The molecule has 0 aliphatic heterocycles. The summed E-state index contributed by atoms with van der Waals surface area (Å²) in [6, 6.07) is 2.23. The number of fused-ring (bicyclic) bond motifs is 1. The summed E-state index contributed by atoms with van der Waals surface area (Å²) in [7, 11) is 0. The zero-order valence-electron chi connectivity index (χ0n) is 11.3.